The van der Waals surface area contributed by atoms with E-state index in [9.17, 15) is 0 Å². The maximum atomic E-state index is 3.64. The number of aromatic nitrogens is 1. The topological polar surface area (TPSA) is 17.0 Å². The summed E-state index contributed by atoms with van der Waals surface area (Å²) in [6.45, 7) is 11.0. The number of hydrogen-bond donors (Lipinski definition) is 1. The lowest BCUT2D eigenvalue weighted by atomic mass is 9.95. The smallest absolute Gasteiger partial charge is 0.0225 e. The lowest BCUT2D eigenvalue weighted by Gasteiger charge is -2.28. The zero-order valence-corrected chi connectivity index (χ0v) is 10.5. The van der Waals surface area contributed by atoms with E-state index in [0.29, 0.717) is 0 Å². The summed E-state index contributed by atoms with van der Waals surface area (Å²) in [6.07, 6.45) is 6.72. The number of nitrogens with zero attached hydrogens (tertiary/aromatic N) is 1. The van der Waals surface area contributed by atoms with E-state index < -0.39 is 0 Å². The van der Waals surface area contributed by atoms with E-state index in [1.807, 2.05) is 0 Å². The molecule has 0 radical (unpaired) electrons. The molecule has 0 amide bonds. The maximum absolute atomic E-state index is 3.64. The Bertz CT molecular complexity index is 284. The number of rotatable bonds is 6. The molecule has 0 saturated heterocycles. The fourth-order valence-corrected chi connectivity index (χ4v) is 1.61. The molecule has 0 aliphatic carbocycles. The molecular weight excluding hydrogens is 184 g/mol. The molecule has 0 aliphatic rings. The lowest BCUT2D eigenvalue weighted by Crippen LogP contribution is -2.40. The molecule has 2 nitrogen and oxygen atoms in total. The summed E-state index contributed by atoms with van der Waals surface area (Å²) in [5, 5.41) is 3.64. The largest absolute Gasteiger partial charge is 0.354 e. The van der Waals surface area contributed by atoms with Gasteiger partial charge in [0.15, 0.2) is 0 Å². The highest BCUT2D eigenvalue weighted by molar-refractivity contribution is 5.10. The van der Waals surface area contributed by atoms with Crippen molar-refractivity contribution in [2.45, 2.75) is 59.2 Å². The summed E-state index contributed by atoms with van der Waals surface area (Å²) < 4.78 is 2.21. The summed E-state index contributed by atoms with van der Waals surface area (Å²) in [5.41, 5.74) is 1.67. The van der Waals surface area contributed by atoms with Crippen LogP contribution in [0.4, 0.5) is 0 Å². The predicted octanol–water partition coefficient (Wildman–Crippen LogP) is 3.18. The van der Waals surface area contributed by atoms with E-state index in [-0.39, 0.29) is 5.54 Å². The minimum Gasteiger partial charge on any atom is -0.354 e. The minimum atomic E-state index is 0.286. The summed E-state index contributed by atoms with van der Waals surface area (Å²) in [4.78, 5) is 0. The summed E-state index contributed by atoms with van der Waals surface area (Å²) in [6, 6.07) is 2.20. The zero-order chi connectivity index (χ0) is 11.3. The van der Waals surface area contributed by atoms with Crippen molar-refractivity contribution in [2.24, 2.45) is 0 Å². The van der Waals surface area contributed by atoms with Crippen LogP contribution >= 0.6 is 0 Å². The van der Waals surface area contributed by atoms with Crippen molar-refractivity contribution in [3.8, 4) is 0 Å². The Morgan fingerprint density at radius 1 is 1.27 bits per heavy atom. The first-order valence-corrected chi connectivity index (χ1v) is 6.03. The molecule has 86 valence electrons. The highest BCUT2D eigenvalue weighted by atomic mass is 15.0. The van der Waals surface area contributed by atoms with Gasteiger partial charge in [0.1, 0.15) is 0 Å². The Labute approximate surface area is 93.7 Å². The van der Waals surface area contributed by atoms with Gasteiger partial charge in [0, 0.05) is 31.0 Å². The van der Waals surface area contributed by atoms with Crippen LogP contribution in [-0.2, 0) is 13.1 Å². The van der Waals surface area contributed by atoms with E-state index in [4.69, 9.17) is 0 Å². The van der Waals surface area contributed by atoms with Gasteiger partial charge in [-0.2, -0.15) is 0 Å². The highest BCUT2D eigenvalue weighted by Gasteiger charge is 2.17. The molecule has 0 aliphatic heterocycles. The average Bonchev–Trinajstić information content (AvgIpc) is 2.74. The quantitative estimate of drug-likeness (QED) is 0.760. The third kappa shape index (κ3) is 3.38. The third-order valence-corrected chi connectivity index (χ3v) is 3.46. The van der Waals surface area contributed by atoms with Gasteiger partial charge in [-0.25, -0.2) is 0 Å². The molecule has 1 aromatic rings. The second-order valence-electron chi connectivity index (χ2n) is 4.47. The van der Waals surface area contributed by atoms with Crippen molar-refractivity contribution in [3.63, 3.8) is 0 Å². The molecule has 1 aromatic heterocycles. The van der Waals surface area contributed by atoms with Crippen LogP contribution in [0.15, 0.2) is 18.5 Å². The van der Waals surface area contributed by atoms with Crippen LogP contribution in [0.2, 0.25) is 0 Å². The van der Waals surface area contributed by atoms with Crippen molar-refractivity contribution < 1.29 is 0 Å². The molecular formula is C13H24N2. The summed E-state index contributed by atoms with van der Waals surface area (Å²) in [5.74, 6) is 0. The van der Waals surface area contributed by atoms with Gasteiger partial charge in [0.25, 0.3) is 0 Å². The summed E-state index contributed by atoms with van der Waals surface area (Å²) in [7, 11) is 0. The Morgan fingerprint density at radius 2 is 1.93 bits per heavy atom. The highest BCUT2D eigenvalue weighted by Crippen LogP contribution is 2.14. The second kappa shape index (κ2) is 5.36. The SMILES string of the molecule is CCn1ccc(CNC(C)(CC)CC)c1. The normalized spacial score (nSPS) is 12.0. The van der Waals surface area contributed by atoms with Crippen LogP contribution in [0.1, 0.15) is 46.1 Å². The molecule has 0 saturated carbocycles. The molecule has 0 aromatic carbocycles. The maximum Gasteiger partial charge on any atom is 0.0225 e. The van der Waals surface area contributed by atoms with Crippen molar-refractivity contribution in [1.82, 2.24) is 9.88 Å². The molecule has 1 N–H and O–H groups in total. The molecule has 2 heteroatoms. The van der Waals surface area contributed by atoms with E-state index in [1.54, 1.807) is 0 Å². The van der Waals surface area contributed by atoms with Crippen LogP contribution in [0.25, 0.3) is 0 Å². The third-order valence-electron chi connectivity index (χ3n) is 3.46. The number of hydrogen-bond acceptors (Lipinski definition) is 1. The van der Waals surface area contributed by atoms with Crippen LogP contribution in [-0.4, -0.2) is 10.1 Å². The zero-order valence-electron chi connectivity index (χ0n) is 10.5. The monoisotopic (exact) mass is 208 g/mol. The van der Waals surface area contributed by atoms with Gasteiger partial charge < -0.3 is 9.88 Å². The van der Waals surface area contributed by atoms with Crippen molar-refractivity contribution in [3.05, 3.63) is 24.0 Å². The van der Waals surface area contributed by atoms with Crippen molar-refractivity contribution in [2.75, 3.05) is 0 Å². The van der Waals surface area contributed by atoms with Crippen LogP contribution in [0.3, 0.4) is 0 Å². The van der Waals surface area contributed by atoms with Gasteiger partial charge in [0.05, 0.1) is 0 Å². The predicted molar refractivity (Wildman–Crippen MR) is 65.9 cm³/mol. The molecule has 15 heavy (non-hydrogen) atoms. The Hall–Kier alpha value is -0.760. The van der Waals surface area contributed by atoms with Gasteiger partial charge in [-0.3, -0.25) is 0 Å². The average molecular weight is 208 g/mol. The minimum absolute atomic E-state index is 0.286. The Morgan fingerprint density at radius 3 is 2.40 bits per heavy atom. The molecule has 0 bridgehead atoms. The second-order valence-corrected chi connectivity index (χ2v) is 4.47. The lowest BCUT2D eigenvalue weighted by molar-refractivity contribution is 0.329. The Kier molecular flexibility index (Phi) is 4.40. The van der Waals surface area contributed by atoms with Crippen molar-refractivity contribution in [1.29, 1.82) is 0 Å². The van der Waals surface area contributed by atoms with Crippen LogP contribution in [0.5, 0.6) is 0 Å². The molecule has 0 spiro atoms. The molecule has 0 atom stereocenters. The first kappa shape index (κ1) is 12.3. The first-order valence-electron chi connectivity index (χ1n) is 6.03. The van der Waals surface area contributed by atoms with E-state index in [2.05, 4.69) is 56.0 Å². The standard InChI is InChI=1S/C13H24N2/c1-5-13(4,6-2)14-10-12-8-9-15(7-3)11-12/h8-9,11,14H,5-7,10H2,1-4H3. The van der Waals surface area contributed by atoms with Gasteiger partial charge in [0.2, 0.25) is 0 Å². The van der Waals surface area contributed by atoms with Gasteiger partial charge in [-0.15, -0.1) is 0 Å². The molecule has 0 fully saturated rings. The fraction of sp³-hybridized carbons (Fsp3) is 0.692. The summed E-state index contributed by atoms with van der Waals surface area (Å²) >= 11 is 0. The Balaban J connectivity index is 2.49. The fourth-order valence-electron chi connectivity index (χ4n) is 1.61. The van der Waals surface area contributed by atoms with E-state index in [0.717, 1.165) is 13.1 Å². The first-order chi connectivity index (χ1) is 7.13. The molecule has 0 unspecified atom stereocenters. The van der Waals surface area contributed by atoms with Crippen LogP contribution < -0.4 is 5.32 Å². The molecule has 1 rings (SSSR count). The number of nitrogens with one attached hydrogen (secondary N) is 1. The van der Waals surface area contributed by atoms with Gasteiger partial charge in [-0.05, 0) is 38.3 Å². The van der Waals surface area contributed by atoms with Gasteiger partial charge in [-0.1, -0.05) is 13.8 Å². The van der Waals surface area contributed by atoms with E-state index >= 15 is 0 Å². The van der Waals surface area contributed by atoms with Gasteiger partial charge >= 0.3 is 0 Å². The van der Waals surface area contributed by atoms with E-state index in [1.165, 1.54) is 18.4 Å². The van der Waals surface area contributed by atoms with Crippen LogP contribution in [0, 0.1) is 0 Å². The van der Waals surface area contributed by atoms with Crippen molar-refractivity contribution >= 4 is 0 Å². The number of aryl methyl sites for hydroxylation is 1. The molecule has 1 heterocycles.